The second-order valence-electron chi connectivity index (χ2n) is 7.73. The van der Waals surface area contributed by atoms with Gasteiger partial charge in [0.2, 0.25) is 0 Å². The minimum atomic E-state index is 0.357. The molecule has 4 rings (SSSR count). The van der Waals surface area contributed by atoms with Gasteiger partial charge in [0.05, 0.1) is 0 Å². The smallest absolute Gasteiger partial charge is 0.161 e. The van der Waals surface area contributed by atoms with E-state index in [1.807, 2.05) is 0 Å². The molecule has 2 atom stereocenters. The molecule has 2 aliphatic rings. The van der Waals surface area contributed by atoms with E-state index >= 15 is 0 Å². The Hall–Kier alpha value is -1.68. The molecule has 2 heterocycles. The molecule has 0 radical (unpaired) electrons. The van der Waals surface area contributed by atoms with Gasteiger partial charge in [-0.1, -0.05) is 51.3 Å². The van der Waals surface area contributed by atoms with E-state index < -0.39 is 0 Å². The van der Waals surface area contributed by atoms with Crippen LogP contribution in [0, 0.1) is 11.8 Å². The molecule has 4 heteroatoms. The molecule has 0 bridgehead atoms. The maximum atomic E-state index is 4.15. The third-order valence-corrected chi connectivity index (χ3v) is 6.33. The number of fused-ring (bicyclic) bond motifs is 1. The normalized spacial score (nSPS) is 28.9. The summed E-state index contributed by atoms with van der Waals surface area (Å²) in [5.41, 5.74) is 2.97. The average molecular weight is 324 g/mol. The maximum absolute atomic E-state index is 4.15. The monoisotopic (exact) mass is 324 g/mol. The molecule has 1 aromatic carbocycles. The van der Waals surface area contributed by atoms with Crippen molar-refractivity contribution in [1.29, 1.82) is 0 Å². The Morgan fingerprint density at radius 2 is 2.04 bits per heavy atom. The number of nitrogens with one attached hydrogen (secondary N) is 1. The van der Waals surface area contributed by atoms with E-state index in [1.54, 1.807) is 6.33 Å². The van der Waals surface area contributed by atoms with Gasteiger partial charge in [0.25, 0.3) is 0 Å². The first kappa shape index (κ1) is 15.8. The summed E-state index contributed by atoms with van der Waals surface area (Å²) in [6.45, 7) is 8.58. The summed E-state index contributed by atoms with van der Waals surface area (Å²) in [7, 11) is 0. The number of aromatic amines is 1. The molecular weight excluding hydrogens is 296 g/mol. The lowest BCUT2D eigenvalue weighted by molar-refractivity contribution is 0.271. The van der Waals surface area contributed by atoms with Gasteiger partial charge in [-0.25, -0.2) is 0 Å². The number of piperidine rings is 1. The van der Waals surface area contributed by atoms with Crippen LogP contribution in [-0.2, 0) is 5.41 Å². The van der Waals surface area contributed by atoms with Gasteiger partial charge in [0.1, 0.15) is 6.33 Å². The average Bonchev–Trinajstić information content (AvgIpc) is 3.09. The number of hydrogen-bond donors (Lipinski definition) is 1. The van der Waals surface area contributed by atoms with Gasteiger partial charge in [0.15, 0.2) is 5.82 Å². The van der Waals surface area contributed by atoms with E-state index in [4.69, 9.17) is 0 Å². The second-order valence-corrected chi connectivity index (χ2v) is 7.73. The van der Waals surface area contributed by atoms with E-state index in [0.29, 0.717) is 5.41 Å². The van der Waals surface area contributed by atoms with Gasteiger partial charge in [-0.2, -0.15) is 0 Å². The van der Waals surface area contributed by atoms with Crippen molar-refractivity contribution < 1.29 is 0 Å². The van der Waals surface area contributed by atoms with Crippen LogP contribution in [0.2, 0.25) is 0 Å². The standard InChI is InChI=1S/C20H28N4/c1-3-4-5-6-10-24-12-17-18(13-24)20(17,2)16-9-7-8-15(11-16)19-21-14-22-23-19/h7-9,11,14,17-18H,3-6,10,12-13H2,1-2H3,(H,21,22,23). The summed E-state index contributed by atoms with van der Waals surface area (Å²) >= 11 is 0. The predicted molar refractivity (Wildman–Crippen MR) is 96.7 cm³/mol. The van der Waals surface area contributed by atoms with Gasteiger partial charge in [-0.05, 0) is 36.4 Å². The van der Waals surface area contributed by atoms with E-state index in [0.717, 1.165) is 23.2 Å². The zero-order valence-corrected chi connectivity index (χ0v) is 14.8. The van der Waals surface area contributed by atoms with Crippen LogP contribution in [0.25, 0.3) is 11.4 Å². The van der Waals surface area contributed by atoms with Crippen molar-refractivity contribution in [3.8, 4) is 11.4 Å². The van der Waals surface area contributed by atoms with E-state index in [-0.39, 0.29) is 0 Å². The molecule has 2 aromatic rings. The molecule has 1 aromatic heterocycles. The molecule has 1 saturated heterocycles. The largest absolute Gasteiger partial charge is 0.328 e. The minimum Gasteiger partial charge on any atom is -0.328 e. The molecule has 1 aliphatic heterocycles. The number of rotatable bonds is 7. The number of H-pyrrole nitrogens is 1. The zero-order valence-electron chi connectivity index (χ0n) is 14.8. The Labute approximate surface area is 144 Å². The Kier molecular flexibility index (Phi) is 4.17. The van der Waals surface area contributed by atoms with Crippen molar-refractivity contribution in [3.05, 3.63) is 36.2 Å². The molecule has 1 aliphatic carbocycles. The number of likely N-dealkylation sites (tertiary alicyclic amines) is 1. The van der Waals surface area contributed by atoms with Crippen molar-refractivity contribution in [1.82, 2.24) is 20.1 Å². The van der Waals surface area contributed by atoms with Crippen LogP contribution in [0.15, 0.2) is 30.6 Å². The topological polar surface area (TPSA) is 44.8 Å². The van der Waals surface area contributed by atoms with Crippen LogP contribution in [0.1, 0.15) is 45.1 Å². The van der Waals surface area contributed by atoms with Gasteiger partial charge in [-0.3, -0.25) is 0 Å². The van der Waals surface area contributed by atoms with Gasteiger partial charge < -0.3 is 9.88 Å². The van der Waals surface area contributed by atoms with Crippen LogP contribution in [0.3, 0.4) is 0 Å². The maximum Gasteiger partial charge on any atom is 0.161 e. The fourth-order valence-electron chi connectivity index (χ4n) is 4.68. The highest BCUT2D eigenvalue weighted by Gasteiger charge is 2.65. The summed E-state index contributed by atoms with van der Waals surface area (Å²) in [6, 6.07) is 8.88. The molecule has 24 heavy (non-hydrogen) atoms. The van der Waals surface area contributed by atoms with Crippen LogP contribution in [-0.4, -0.2) is 39.7 Å². The van der Waals surface area contributed by atoms with Crippen molar-refractivity contribution in [2.24, 2.45) is 11.8 Å². The zero-order chi connectivity index (χ0) is 16.6. The number of aromatic nitrogens is 3. The molecule has 2 unspecified atom stereocenters. The molecular formula is C20H28N4. The minimum absolute atomic E-state index is 0.357. The molecule has 128 valence electrons. The van der Waals surface area contributed by atoms with E-state index in [2.05, 4.69) is 58.2 Å². The van der Waals surface area contributed by atoms with Gasteiger partial charge in [0, 0.05) is 24.1 Å². The Bertz CT molecular complexity index is 667. The highest BCUT2D eigenvalue weighted by molar-refractivity contribution is 5.57. The second kappa shape index (κ2) is 6.32. The number of nitrogens with zero attached hydrogens (tertiary/aromatic N) is 3. The lowest BCUT2D eigenvalue weighted by Crippen LogP contribution is -2.29. The summed E-state index contributed by atoms with van der Waals surface area (Å²) in [6.07, 6.45) is 7.10. The lowest BCUT2D eigenvalue weighted by Gasteiger charge is -2.24. The Morgan fingerprint density at radius 1 is 1.21 bits per heavy atom. The highest BCUT2D eigenvalue weighted by Crippen LogP contribution is 2.63. The molecule has 1 saturated carbocycles. The summed E-state index contributed by atoms with van der Waals surface area (Å²) < 4.78 is 0. The van der Waals surface area contributed by atoms with Crippen LogP contribution in [0.5, 0.6) is 0 Å². The SMILES string of the molecule is CCCCCCN1CC2C(C1)C2(C)c1cccc(-c2nnc[nH]2)c1. The van der Waals surface area contributed by atoms with E-state index in [9.17, 15) is 0 Å². The molecule has 2 fully saturated rings. The van der Waals surface area contributed by atoms with Crippen molar-refractivity contribution in [2.45, 2.75) is 44.9 Å². The Balaban J connectivity index is 1.40. The molecule has 1 N–H and O–H groups in total. The summed E-state index contributed by atoms with van der Waals surface area (Å²) in [5.74, 6) is 2.52. The van der Waals surface area contributed by atoms with E-state index in [1.165, 1.54) is 50.9 Å². The highest BCUT2D eigenvalue weighted by atomic mass is 15.2. The first-order valence-electron chi connectivity index (χ1n) is 9.42. The third kappa shape index (κ3) is 2.67. The number of benzene rings is 1. The lowest BCUT2D eigenvalue weighted by atomic mass is 9.91. The number of hydrogen-bond acceptors (Lipinski definition) is 3. The number of unbranched alkanes of at least 4 members (excludes halogenated alkanes) is 3. The first-order chi connectivity index (χ1) is 11.7. The fourth-order valence-corrected chi connectivity index (χ4v) is 4.68. The quantitative estimate of drug-likeness (QED) is 0.786. The van der Waals surface area contributed by atoms with Crippen molar-refractivity contribution >= 4 is 0 Å². The van der Waals surface area contributed by atoms with Crippen LogP contribution < -0.4 is 0 Å². The van der Waals surface area contributed by atoms with Crippen LogP contribution >= 0.6 is 0 Å². The van der Waals surface area contributed by atoms with Crippen molar-refractivity contribution in [3.63, 3.8) is 0 Å². The van der Waals surface area contributed by atoms with Crippen molar-refractivity contribution in [2.75, 3.05) is 19.6 Å². The molecule has 0 amide bonds. The first-order valence-corrected chi connectivity index (χ1v) is 9.42. The van der Waals surface area contributed by atoms with Crippen LogP contribution in [0.4, 0.5) is 0 Å². The Morgan fingerprint density at radius 3 is 2.75 bits per heavy atom. The summed E-state index contributed by atoms with van der Waals surface area (Å²) in [5, 5.41) is 8.05. The van der Waals surface area contributed by atoms with Gasteiger partial charge >= 0.3 is 0 Å². The third-order valence-electron chi connectivity index (χ3n) is 6.33. The molecule has 0 spiro atoms. The van der Waals surface area contributed by atoms with Gasteiger partial charge in [-0.15, -0.1) is 10.2 Å². The molecule has 4 nitrogen and oxygen atoms in total. The fraction of sp³-hybridized carbons (Fsp3) is 0.600. The predicted octanol–water partition coefficient (Wildman–Crippen LogP) is 3.87. The summed E-state index contributed by atoms with van der Waals surface area (Å²) in [4.78, 5) is 5.80.